The first-order chi connectivity index (χ1) is 14.6. The average Bonchev–Trinajstić information content (AvgIpc) is 2.79. The minimum atomic E-state index is -0.724. The molecule has 0 aliphatic heterocycles. The van der Waals surface area contributed by atoms with Gasteiger partial charge in [-0.05, 0) is 28.8 Å². The van der Waals surface area contributed by atoms with Crippen molar-refractivity contribution in [3.8, 4) is 0 Å². The number of benzene rings is 3. The van der Waals surface area contributed by atoms with Crippen LogP contribution < -0.4 is 5.32 Å². The van der Waals surface area contributed by atoms with Crippen molar-refractivity contribution < 1.29 is 9.59 Å². The molecule has 0 radical (unpaired) electrons. The van der Waals surface area contributed by atoms with Gasteiger partial charge in [-0.1, -0.05) is 91.3 Å². The van der Waals surface area contributed by atoms with E-state index < -0.39 is 6.04 Å². The first-order valence-corrected chi connectivity index (χ1v) is 10.4. The molecule has 1 N–H and O–H groups in total. The summed E-state index contributed by atoms with van der Waals surface area (Å²) in [4.78, 5) is 27.8. The predicted molar refractivity (Wildman–Crippen MR) is 120 cm³/mol. The minimum absolute atomic E-state index is 0.0892. The van der Waals surface area contributed by atoms with Crippen LogP contribution in [0.3, 0.4) is 0 Å². The van der Waals surface area contributed by atoms with Gasteiger partial charge in [0.25, 0.3) is 0 Å². The summed E-state index contributed by atoms with van der Waals surface area (Å²) in [6.07, 6.45) is 0.308. The molecule has 0 unspecified atom stereocenters. The topological polar surface area (TPSA) is 49.4 Å². The zero-order valence-corrected chi connectivity index (χ0v) is 17.7. The average molecular weight is 421 g/mol. The molecular weight excluding hydrogens is 396 g/mol. The number of hydrogen-bond acceptors (Lipinski definition) is 2. The third-order valence-electron chi connectivity index (χ3n) is 4.87. The smallest absolute Gasteiger partial charge is 0.247 e. The van der Waals surface area contributed by atoms with Gasteiger partial charge in [-0.15, -0.1) is 0 Å². The summed E-state index contributed by atoms with van der Waals surface area (Å²) in [6, 6.07) is 25.7. The Balaban J connectivity index is 1.89. The number of nitrogens with one attached hydrogen (secondary N) is 1. The van der Waals surface area contributed by atoms with Crippen molar-refractivity contribution in [3.05, 3.63) is 107 Å². The molecule has 5 heteroatoms. The molecule has 3 aromatic carbocycles. The van der Waals surface area contributed by atoms with Gasteiger partial charge in [0.1, 0.15) is 6.04 Å². The molecule has 4 nitrogen and oxygen atoms in total. The highest BCUT2D eigenvalue weighted by atomic mass is 35.5. The van der Waals surface area contributed by atoms with Crippen molar-refractivity contribution in [3.63, 3.8) is 0 Å². The maximum Gasteiger partial charge on any atom is 0.247 e. The van der Waals surface area contributed by atoms with Gasteiger partial charge < -0.3 is 10.2 Å². The standard InChI is InChI=1S/C25H25ClN2O2/c1-2-23(29)28(18-20-13-15-22(26)16-14-20)24(21-11-7-4-8-12-21)25(30)27-17-19-9-5-3-6-10-19/h3-16,24H,2,17-18H2,1H3,(H,27,30)/t24-/m1/s1. The molecule has 3 rings (SSSR count). The van der Waals surface area contributed by atoms with Crippen LogP contribution >= 0.6 is 11.6 Å². The Morgan fingerprint density at radius 1 is 0.867 bits per heavy atom. The molecule has 0 saturated carbocycles. The highest BCUT2D eigenvalue weighted by molar-refractivity contribution is 6.30. The summed E-state index contributed by atoms with van der Waals surface area (Å²) in [7, 11) is 0. The fraction of sp³-hybridized carbons (Fsp3) is 0.200. The van der Waals surface area contributed by atoms with E-state index >= 15 is 0 Å². The largest absolute Gasteiger partial charge is 0.350 e. The van der Waals surface area contributed by atoms with Crippen molar-refractivity contribution in [2.24, 2.45) is 0 Å². The van der Waals surface area contributed by atoms with Crippen LogP contribution in [0.4, 0.5) is 0 Å². The van der Waals surface area contributed by atoms with E-state index in [1.165, 1.54) is 0 Å². The van der Waals surface area contributed by atoms with Crippen molar-refractivity contribution >= 4 is 23.4 Å². The van der Waals surface area contributed by atoms with Gasteiger partial charge >= 0.3 is 0 Å². The molecule has 3 aromatic rings. The van der Waals surface area contributed by atoms with Crippen molar-refractivity contribution in [2.75, 3.05) is 0 Å². The highest BCUT2D eigenvalue weighted by Crippen LogP contribution is 2.25. The van der Waals surface area contributed by atoms with E-state index in [-0.39, 0.29) is 11.8 Å². The van der Waals surface area contributed by atoms with Crippen molar-refractivity contribution in [1.82, 2.24) is 10.2 Å². The third kappa shape index (κ3) is 5.71. The Kier molecular flexibility index (Phi) is 7.63. The Labute approximate surface area is 182 Å². The molecule has 0 aromatic heterocycles. The summed E-state index contributed by atoms with van der Waals surface area (Å²) in [5.41, 5.74) is 2.69. The Bertz CT molecular complexity index is 959. The second-order valence-electron chi connectivity index (χ2n) is 7.02. The first kappa shape index (κ1) is 21.6. The van der Waals surface area contributed by atoms with E-state index in [9.17, 15) is 9.59 Å². The normalized spacial score (nSPS) is 11.5. The van der Waals surface area contributed by atoms with Crippen LogP contribution in [-0.4, -0.2) is 16.7 Å². The molecule has 30 heavy (non-hydrogen) atoms. The molecule has 154 valence electrons. The van der Waals surface area contributed by atoms with E-state index in [1.807, 2.05) is 72.8 Å². The van der Waals surface area contributed by atoms with Gasteiger partial charge in [-0.25, -0.2) is 0 Å². The molecule has 0 fully saturated rings. The number of carbonyl (C=O) groups excluding carboxylic acids is 2. The number of carbonyl (C=O) groups is 2. The van der Waals surface area contributed by atoms with E-state index in [0.717, 1.165) is 16.7 Å². The Morgan fingerprint density at radius 3 is 2.07 bits per heavy atom. The number of nitrogens with zero attached hydrogens (tertiary/aromatic N) is 1. The maximum absolute atomic E-state index is 13.3. The zero-order valence-electron chi connectivity index (χ0n) is 16.9. The fourth-order valence-corrected chi connectivity index (χ4v) is 3.43. The quantitative estimate of drug-likeness (QED) is 0.548. The van der Waals surface area contributed by atoms with Crippen LogP contribution in [0.1, 0.15) is 36.1 Å². The lowest BCUT2D eigenvalue weighted by Crippen LogP contribution is -2.43. The second kappa shape index (κ2) is 10.6. The molecule has 2 amide bonds. The van der Waals surface area contributed by atoms with Crippen LogP contribution in [0.5, 0.6) is 0 Å². The fourth-order valence-electron chi connectivity index (χ4n) is 3.30. The van der Waals surface area contributed by atoms with Crippen LogP contribution in [0, 0.1) is 0 Å². The highest BCUT2D eigenvalue weighted by Gasteiger charge is 2.30. The van der Waals surface area contributed by atoms with E-state index in [2.05, 4.69) is 5.32 Å². The van der Waals surface area contributed by atoms with Gasteiger partial charge in [-0.2, -0.15) is 0 Å². The number of halogens is 1. The van der Waals surface area contributed by atoms with Crippen molar-refractivity contribution in [1.29, 1.82) is 0 Å². The summed E-state index contributed by atoms with van der Waals surface area (Å²) < 4.78 is 0. The summed E-state index contributed by atoms with van der Waals surface area (Å²) in [5, 5.41) is 3.63. The lowest BCUT2D eigenvalue weighted by Gasteiger charge is -2.31. The van der Waals surface area contributed by atoms with Crippen LogP contribution in [-0.2, 0) is 22.7 Å². The molecule has 1 atom stereocenters. The Morgan fingerprint density at radius 2 is 1.47 bits per heavy atom. The van der Waals surface area contributed by atoms with Crippen LogP contribution in [0.15, 0.2) is 84.9 Å². The summed E-state index contributed by atoms with van der Waals surface area (Å²) in [5.74, 6) is -0.297. The molecular formula is C25H25ClN2O2. The summed E-state index contributed by atoms with van der Waals surface area (Å²) in [6.45, 7) is 2.53. The van der Waals surface area contributed by atoms with Gasteiger partial charge in [0.15, 0.2) is 0 Å². The first-order valence-electron chi connectivity index (χ1n) is 9.99. The number of hydrogen-bond donors (Lipinski definition) is 1. The molecule has 0 aliphatic carbocycles. The SMILES string of the molecule is CCC(=O)N(Cc1ccc(Cl)cc1)[C@@H](C(=O)NCc1ccccc1)c1ccccc1. The molecule has 0 heterocycles. The van der Waals surface area contributed by atoms with E-state index in [4.69, 9.17) is 11.6 Å². The van der Waals surface area contributed by atoms with Crippen molar-refractivity contribution in [2.45, 2.75) is 32.5 Å². The molecule has 0 saturated heterocycles. The predicted octanol–water partition coefficient (Wildman–Crippen LogP) is 5.14. The third-order valence-corrected chi connectivity index (χ3v) is 5.13. The molecule has 0 bridgehead atoms. The number of amides is 2. The lowest BCUT2D eigenvalue weighted by molar-refractivity contribution is -0.141. The van der Waals surface area contributed by atoms with Gasteiger partial charge in [0.05, 0.1) is 0 Å². The summed E-state index contributed by atoms with van der Waals surface area (Å²) >= 11 is 6.00. The van der Waals surface area contributed by atoms with E-state index in [1.54, 1.807) is 24.0 Å². The van der Waals surface area contributed by atoms with Crippen LogP contribution in [0.2, 0.25) is 5.02 Å². The van der Waals surface area contributed by atoms with Gasteiger partial charge in [0, 0.05) is 24.5 Å². The lowest BCUT2D eigenvalue weighted by atomic mass is 10.0. The van der Waals surface area contributed by atoms with E-state index in [0.29, 0.717) is 24.5 Å². The Hall–Kier alpha value is -3.11. The van der Waals surface area contributed by atoms with Gasteiger partial charge in [-0.3, -0.25) is 9.59 Å². The van der Waals surface area contributed by atoms with Gasteiger partial charge in [0.2, 0.25) is 11.8 Å². The molecule has 0 spiro atoms. The second-order valence-corrected chi connectivity index (χ2v) is 7.45. The minimum Gasteiger partial charge on any atom is -0.350 e. The molecule has 0 aliphatic rings. The maximum atomic E-state index is 13.3. The monoisotopic (exact) mass is 420 g/mol. The van der Waals surface area contributed by atoms with Crippen LogP contribution in [0.25, 0.3) is 0 Å². The zero-order chi connectivity index (χ0) is 21.3. The number of rotatable bonds is 8.